The molecule has 2 rings (SSSR count). The Kier molecular flexibility index (Phi) is 4.63. The van der Waals surface area contributed by atoms with Gasteiger partial charge in [0, 0.05) is 10.5 Å². The van der Waals surface area contributed by atoms with Crippen LogP contribution >= 0.6 is 15.9 Å². The van der Waals surface area contributed by atoms with Gasteiger partial charge in [-0.3, -0.25) is 0 Å². The third kappa shape index (κ3) is 3.32. The summed E-state index contributed by atoms with van der Waals surface area (Å²) in [5, 5.41) is 3.61. The number of hydrogen-bond acceptors (Lipinski definition) is 1. The van der Waals surface area contributed by atoms with Crippen molar-refractivity contribution in [2.24, 2.45) is 11.8 Å². The van der Waals surface area contributed by atoms with E-state index < -0.39 is 0 Å². The fourth-order valence-corrected chi connectivity index (χ4v) is 3.27. The van der Waals surface area contributed by atoms with Gasteiger partial charge in [-0.05, 0) is 55.3 Å². The second-order valence-electron chi connectivity index (χ2n) is 5.19. The van der Waals surface area contributed by atoms with Crippen molar-refractivity contribution < 1.29 is 0 Å². The summed E-state index contributed by atoms with van der Waals surface area (Å²) in [6, 6.07) is 9.53. The molecule has 0 bridgehead atoms. The fraction of sp³-hybridized carbons (Fsp3) is 0.600. The maximum atomic E-state index is 3.61. The predicted molar refractivity (Wildman–Crippen MR) is 77.2 cm³/mol. The molecule has 0 amide bonds. The molecule has 0 heterocycles. The Morgan fingerprint density at radius 2 is 1.94 bits per heavy atom. The van der Waals surface area contributed by atoms with E-state index in [2.05, 4.69) is 59.4 Å². The van der Waals surface area contributed by atoms with Crippen molar-refractivity contribution in [3.63, 3.8) is 0 Å². The lowest BCUT2D eigenvalue weighted by Gasteiger charge is -2.21. The van der Waals surface area contributed by atoms with Crippen LogP contribution in [0.4, 0.5) is 0 Å². The molecule has 1 aromatic rings. The van der Waals surface area contributed by atoms with Gasteiger partial charge in [-0.15, -0.1) is 0 Å². The highest BCUT2D eigenvalue weighted by Gasteiger charge is 2.31. The van der Waals surface area contributed by atoms with Crippen molar-refractivity contribution >= 4 is 15.9 Å². The molecule has 1 aliphatic carbocycles. The number of hydrogen-bond donors (Lipinski definition) is 1. The Labute approximate surface area is 113 Å². The van der Waals surface area contributed by atoms with Gasteiger partial charge >= 0.3 is 0 Å². The first-order valence-electron chi connectivity index (χ1n) is 6.68. The smallest absolute Gasteiger partial charge is 0.0175 e. The average molecular weight is 296 g/mol. The van der Waals surface area contributed by atoms with Crippen LogP contribution in [0.2, 0.25) is 0 Å². The number of halogens is 1. The summed E-state index contributed by atoms with van der Waals surface area (Å²) >= 11 is 3.49. The molecular weight excluding hydrogens is 274 g/mol. The van der Waals surface area contributed by atoms with E-state index in [4.69, 9.17) is 0 Å². The Morgan fingerprint density at radius 1 is 1.24 bits per heavy atom. The molecule has 2 heteroatoms. The van der Waals surface area contributed by atoms with Gasteiger partial charge in [0.2, 0.25) is 0 Å². The van der Waals surface area contributed by atoms with Gasteiger partial charge in [0.25, 0.3) is 0 Å². The molecule has 3 unspecified atom stereocenters. The van der Waals surface area contributed by atoms with Gasteiger partial charge in [-0.25, -0.2) is 0 Å². The molecule has 1 N–H and O–H groups in total. The van der Waals surface area contributed by atoms with E-state index in [1.165, 1.54) is 29.3 Å². The maximum absolute atomic E-state index is 3.61. The summed E-state index contributed by atoms with van der Waals surface area (Å²) in [5.41, 5.74) is 1.47. The second-order valence-corrected chi connectivity index (χ2v) is 6.11. The Hall–Kier alpha value is -0.340. The van der Waals surface area contributed by atoms with E-state index in [9.17, 15) is 0 Å². The molecule has 1 aliphatic rings. The van der Waals surface area contributed by atoms with Gasteiger partial charge in [0.05, 0.1) is 0 Å². The zero-order chi connectivity index (χ0) is 12.3. The number of nitrogens with one attached hydrogen (secondary N) is 1. The second kappa shape index (κ2) is 6.01. The first-order chi connectivity index (χ1) is 8.20. The molecule has 0 saturated heterocycles. The number of rotatable bonds is 4. The highest BCUT2D eigenvalue weighted by molar-refractivity contribution is 9.10. The predicted octanol–water partition coefficient (Wildman–Crippen LogP) is 4.02. The van der Waals surface area contributed by atoms with Crippen LogP contribution in [0.1, 0.15) is 32.3 Å². The highest BCUT2D eigenvalue weighted by atomic mass is 79.9. The van der Waals surface area contributed by atoms with Crippen LogP contribution in [0.5, 0.6) is 0 Å². The van der Waals surface area contributed by atoms with Gasteiger partial charge < -0.3 is 5.32 Å². The van der Waals surface area contributed by atoms with Crippen molar-refractivity contribution in [1.82, 2.24) is 5.32 Å². The summed E-state index contributed by atoms with van der Waals surface area (Å²) in [5.74, 6) is 1.65. The zero-order valence-corrected chi connectivity index (χ0v) is 12.3. The Morgan fingerprint density at radius 3 is 2.59 bits per heavy atom. The molecule has 1 saturated carbocycles. The molecule has 17 heavy (non-hydrogen) atoms. The molecule has 1 aromatic carbocycles. The number of benzene rings is 1. The van der Waals surface area contributed by atoms with E-state index in [1.54, 1.807) is 0 Å². The van der Waals surface area contributed by atoms with Crippen molar-refractivity contribution in [2.45, 2.75) is 39.2 Å². The van der Waals surface area contributed by atoms with Gasteiger partial charge in [-0.1, -0.05) is 41.9 Å². The van der Waals surface area contributed by atoms with Crippen LogP contribution in [0, 0.1) is 11.8 Å². The zero-order valence-electron chi connectivity index (χ0n) is 10.7. The molecule has 0 spiro atoms. The minimum absolute atomic E-state index is 0.737. The average Bonchev–Trinajstić information content (AvgIpc) is 2.65. The third-order valence-electron chi connectivity index (χ3n) is 4.10. The van der Waals surface area contributed by atoms with Crippen molar-refractivity contribution in [3.05, 3.63) is 34.3 Å². The molecular formula is C15H22BrN. The summed E-state index contributed by atoms with van der Waals surface area (Å²) in [6.07, 6.45) is 3.95. The van der Waals surface area contributed by atoms with E-state index in [1.807, 2.05) is 0 Å². The topological polar surface area (TPSA) is 12.0 Å². The normalized spacial score (nSPS) is 28.5. The minimum atomic E-state index is 0.737. The van der Waals surface area contributed by atoms with E-state index in [0.717, 1.165) is 24.4 Å². The largest absolute Gasteiger partial charge is 0.314 e. The van der Waals surface area contributed by atoms with Crippen molar-refractivity contribution in [1.29, 1.82) is 0 Å². The standard InChI is InChI=1S/C15H22BrN/c1-3-17-15-9-6-13(11(15)2)10-12-4-7-14(16)8-5-12/h4-5,7-8,11,13,15,17H,3,6,9-10H2,1-2H3. The highest BCUT2D eigenvalue weighted by Crippen LogP contribution is 2.34. The van der Waals surface area contributed by atoms with E-state index >= 15 is 0 Å². The Balaban J connectivity index is 1.94. The first kappa shape index (κ1) is 13.1. The summed E-state index contributed by atoms with van der Waals surface area (Å²) < 4.78 is 1.17. The van der Waals surface area contributed by atoms with Crippen LogP contribution < -0.4 is 5.32 Å². The monoisotopic (exact) mass is 295 g/mol. The fourth-order valence-electron chi connectivity index (χ4n) is 3.01. The molecule has 1 fully saturated rings. The first-order valence-corrected chi connectivity index (χ1v) is 7.47. The van der Waals surface area contributed by atoms with Crippen molar-refractivity contribution in [3.8, 4) is 0 Å². The van der Waals surface area contributed by atoms with Gasteiger partial charge in [-0.2, -0.15) is 0 Å². The van der Waals surface area contributed by atoms with Crippen LogP contribution in [-0.2, 0) is 6.42 Å². The molecule has 3 atom stereocenters. The van der Waals surface area contributed by atoms with Crippen LogP contribution in [0.3, 0.4) is 0 Å². The van der Waals surface area contributed by atoms with Crippen LogP contribution in [-0.4, -0.2) is 12.6 Å². The van der Waals surface area contributed by atoms with Crippen LogP contribution in [0.25, 0.3) is 0 Å². The van der Waals surface area contributed by atoms with Gasteiger partial charge in [0.1, 0.15) is 0 Å². The maximum Gasteiger partial charge on any atom is 0.0175 e. The van der Waals surface area contributed by atoms with Crippen molar-refractivity contribution in [2.75, 3.05) is 6.54 Å². The lowest BCUT2D eigenvalue weighted by Crippen LogP contribution is -2.32. The summed E-state index contributed by atoms with van der Waals surface area (Å²) in [6.45, 7) is 5.71. The molecule has 1 nitrogen and oxygen atoms in total. The third-order valence-corrected chi connectivity index (χ3v) is 4.63. The molecule has 0 radical (unpaired) electrons. The quantitative estimate of drug-likeness (QED) is 0.885. The molecule has 94 valence electrons. The van der Waals surface area contributed by atoms with E-state index in [0.29, 0.717) is 0 Å². The lowest BCUT2D eigenvalue weighted by molar-refractivity contribution is 0.355. The van der Waals surface area contributed by atoms with Gasteiger partial charge in [0.15, 0.2) is 0 Å². The van der Waals surface area contributed by atoms with Crippen LogP contribution in [0.15, 0.2) is 28.7 Å². The summed E-state index contributed by atoms with van der Waals surface area (Å²) in [7, 11) is 0. The molecule has 0 aromatic heterocycles. The summed E-state index contributed by atoms with van der Waals surface area (Å²) in [4.78, 5) is 0. The lowest BCUT2D eigenvalue weighted by atomic mass is 9.89. The Bertz CT molecular complexity index is 346. The SMILES string of the molecule is CCNC1CCC(Cc2ccc(Br)cc2)C1C. The van der Waals surface area contributed by atoms with E-state index in [-0.39, 0.29) is 0 Å². The minimum Gasteiger partial charge on any atom is -0.314 e. The molecule has 0 aliphatic heterocycles.